The van der Waals surface area contributed by atoms with Gasteiger partial charge in [-0.1, -0.05) is 30.3 Å². The Labute approximate surface area is 122 Å². The van der Waals surface area contributed by atoms with Gasteiger partial charge in [0.15, 0.2) is 0 Å². The Bertz CT molecular complexity index is 622. The predicted molar refractivity (Wildman–Crippen MR) is 82.7 cm³/mol. The van der Waals surface area contributed by atoms with E-state index in [1.54, 1.807) is 24.3 Å². The van der Waals surface area contributed by atoms with Crippen LogP contribution in [0.2, 0.25) is 0 Å². The zero-order valence-corrected chi connectivity index (χ0v) is 11.4. The SMILES string of the molecule is NNC(N)=Nc1ccc(C(=O)NCc2ccccc2)cc1. The molecular formula is C15H17N5O. The first-order valence-electron chi connectivity index (χ1n) is 6.42. The number of aliphatic imine (C=N–C) groups is 1. The van der Waals surface area contributed by atoms with Gasteiger partial charge in [-0.3, -0.25) is 10.2 Å². The van der Waals surface area contributed by atoms with Crippen LogP contribution in [0.4, 0.5) is 5.69 Å². The van der Waals surface area contributed by atoms with Gasteiger partial charge in [-0.15, -0.1) is 0 Å². The standard InChI is InChI=1S/C15H17N5O/c16-15(20-17)19-13-8-6-12(7-9-13)14(21)18-10-11-4-2-1-3-5-11/h1-9H,10,17H2,(H,18,21)(H3,16,19,20). The lowest BCUT2D eigenvalue weighted by Gasteiger charge is -2.06. The molecule has 6 nitrogen and oxygen atoms in total. The van der Waals surface area contributed by atoms with Gasteiger partial charge in [-0.2, -0.15) is 0 Å². The highest BCUT2D eigenvalue weighted by Gasteiger charge is 2.05. The van der Waals surface area contributed by atoms with Crippen LogP contribution in [0, 0.1) is 0 Å². The Kier molecular flexibility index (Phi) is 4.89. The van der Waals surface area contributed by atoms with Crippen LogP contribution >= 0.6 is 0 Å². The van der Waals surface area contributed by atoms with E-state index in [1.807, 2.05) is 30.3 Å². The van der Waals surface area contributed by atoms with Gasteiger partial charge in [0.2, 0.25) is 5.96 Å². The number of hydrogen-bond acceptors (Lipinski definition) is 3. The van der Waals surface area contributed by atoms with Crippen molar-refractivity contribution in [2.24, 2.45) is 16.6 Å². The van der Waals surface area contributed by atoms with Gasteiger partial charge in [-0.25, -0.2) is 10.8 Å². The van der Waals surface area contributed by atoms with Crippen molar-refractivity contribution in [3.63, 3.8) is 0 Å². The van der Waals surface area contributed by atoms with E-state index >= 15 is 0 Å². The van der Waals surface area contributed by atoms with Crippen LogP contribution in [0.5, 0.6) is 0 Å². The first-order chi connectivity index (χ1) is 10.2. The fourth-order valence-electron chi connectivity index (χ4n) is 1.74. The molecule has 108 valence electrons. The minimum Gasteiger partial charge on any atom is -0.369 e. The van der Waals surface area contributed by atoms with Crippen LogP contribution in [0.1, 0.15) is 15.9 Å². The highest BCUT2D eigenvalue weighted by atomic mass is 16.1. The molecule has 21 heavy (non-hydrogen) atoms. The zero-order chi connectivity index (χ0) is 15.1. The Morgan fingerprint density at radius 1 is 1.05 bits per heavy atom. The molecule has 2 aromatic rings. The average Bonchev–Trinajstić information content (AvgIpc) is 2.54. The second-order valence-corrected chi connectivity index (χ2v) is 4.36. The van der Waals surface area contributed by atoms with Crippen molar-refractivity contribution in [3.8, 4) is 0 Å². The van der Waals surface area contributed by atoms with Crippen LogP contribution in [-0.4, -0.2) is 11.9 Å². The summed E-state index contributed by atoms with van der Waals surface area (Å²) in [6.45, 7) is 0.490. The quantitative estimate of drug-likeness (QED) is 0.291. The average molecular weight is 283 g/mol. The van der Waals surface area contributed by atoms with Crippen molar-refractivity contribution >= 4 is 17.6 Å². The number of guanidine groups is 1. The van der Waals surface area contributed by atoms with Crippen LogP contribution in [0.25, 0.3) is 0 Å². The van der Waals surface area contributed by atoms with Gasteiger partial charge in [0.25, 0.3) is 5.91 Å². The summed E-state index contributed by atoms with van der Waals surface area (Å²) in [7, 11) is 0. The van der Waals surface area contributed by atoms with E-state index < -0.39 is 0 Å². The Balaban J connectivity index is 1.97. The first-order valence-corrected chi connectivity index (χ1v) is 6.42. The summed E-state index contributed by atoms with van der Waals surface area (Å²) in [5, 5.41) is 2.85. The van der Waals surface area contributed by atoms with Crippen LogP contribution < -0.4 is 22.3 Å². The number of carbonyl (C=O) groups excluding carboxylic acids is 1. The summed E-state index contributed by atoms with van der Waals surface area (Å²) in [6.07, 6.45) is 0. The van der Waals surface area contributed by atoms with E-state index in [2.05, 4.69) is 15.7 Å². The topological polar surface area (TPSA) is 106 Å². The maximum absolute atomic E-state index is 12.0. The molecule has 0 atom stereocenters. The van der Waals surface area contributed by atoms with Crippen LogP contribution in [0.3, 0.4) is 0 Å². The van der Waals surface area contributed by atoms with E-state index in [4.69, 9.17) is 11.6 Å². The van der Waals surface area contributed by atoms with E-state index in [1.165, 1.54) is 0 Å². The monoisotopic (exact) mass is 283 g/mol. The Hall–Kier alpha value is -2.86. The molecule has 0 spiro atoms. The number of rotatable bonds is 4. The number of benzene rings is 2. The molecule has 0 bridgehead atoms. The van der Waals surface area contributed by atoms with E-state index in [0.29, 0.717) is 17.8 Å². The largest absolute Gasteiger partial charge is 0.369 e. The van der Waals surface area contributed by atoms with Crippen molar-refractivity contribution in [1.29, 1.82) is 0 Å². The zero-order valence-electron chi connectivity index (χ0n) is 11.4. The van der Waals surface area contributed by atoms with E-state index in [9.17, 15) is 4.79 Å². The molecular weight excluding hydrogens is 266 g/mol. The number of hydrazine groups is 1. The smallest absolute Gasteiger partial charge is 0.251 e. The van der Waals surface area contributed by atoms with Gasteiger partial charge in [0.1, 0.15) is 0 Å². The van der Waals surface area contributed by atoms with Crippen molar-refractivity contribution in [2.45, 2.75) is 6.54 Å². The molecule has 0 aromatic heterocycles. The van der Waals surface area contributed by atoms with Gasteiger partial charge < -0.3 is 11.1 Å². The lowest BCUT2D eigenvalue weighted by molar-refractivity contribution is 0.0951. The summed E-state index contributed by atoms with van der Waals surface area (Å²) in [4.78, 5) is 16.0. The molecule has 6 N–H and O–H groups in total. The Morgan fingerprint density at radius 3 is 2.33 bits per heavy atom. The third kappa shape index (κ3) is 4.32. The predicted octanol–water partition coefficient (Wildman–Crippen LogP) is 1.03. The van der Waals surface area contributed by atoms with Gasteiger partial charge in [0, 0.05) is 12.1 Å². The van der Waals surface area contributed by atoms with Crippen molar-refractivity contribution in [3.05, 3.63) is 65.7 Å². The molecule has 6 heteroatoms. The van der Waals surface area contributed by atoms with Gasteiger partial charge >= 0.3 is 0 Å². The second-order valence-electron chi connectivity index (χ2n) is 4.36. The van der Waals surface area contributed by atoms with Crippen molar-refractivity contribution in [2.75, 3.05) is 0 Å². The highest BCUT2D eigenvalue weighted by molar-refractivity contribution is 5.94. The lowest BCUT2D eigenvalue weighted by Crippen LogP contribution is -2.36. The number of amides is 1. The number of nitrogens with zero attached hydrogens (tertiary/aromatic N) is 1. The molecule has 2 aromatic carbocycles. The minimum atomic E-state index is -0.140. The summed E-state index contributed by atoms with van der Waals surface area (Å²) in [5.74, 6) is 5.09. The van der Waals surface area contributed by atoms with Crippen LogP contribution in [0.15, 0.2) is 59.6 Å². The Morgan fingerprint density at radius 2 is 1.71 bits per heavy atom. The molecule has 0 heterocycles. The van der Waals surface area contributed by atoms with Gasteiger partial charge in [0.05, 0.1) is 5.69 Å². The second kappa shape index (κ2) is 7.06. The molecule has 0 aliphatic carbocycles. The summed E-state index contributed by atoms with van der Waals surface area (Å²) < 4.78 is 0. The van der Waals surface area contributed by atoms with E-state index in [0.717, 1.165) is 5.56 Å². The molecule has 0 saturated heterocycles. The third-order valence-electron chi connectivity index (χ3n) is 2.82. The summed E-state index contributed by atoms with van der Waals surface area (Å²) in [5.41, 5.74) is 9.91. The molecule has 0 radical (unpaired) electrons. The minimum absolute atomic E-state index is 0.108. The fraction of sp³-hybridized carbons (Fsp3) is 0.0667. The molecule has 1 amide bonds. The molecule has 0 aliphatic heterocycles. The highest BCUT2D eigenvalue weighted by Crippen LogP contribution is 2.12. The summed E-state index contributed by atoms with van der Waals surface area (Å²) >= 11 is 0. The fourth-order valence-corrected chi connectivity index (χ4v) is 1.74. The molecule has 2 rings (SSSR count). The maximum Gasteiger partial charge on any atom is 0.251 e. The number of hydrogen-bond donors (Lipinski definition) is 4. The normalized spacial score (nSPS) is 11.0. The molecule has 0 saturated carbocycles. The number of nitrogens with one attached hydrogen (secondary N) is 2. The van der Waals surface area contributed by atoms with Crippen molar-refractivity contribution in [1.82, 2.24) is 10.7 Å². The van der Waals surface area contributed by atoms with Crippen molar-refractivity contribution < 1.29 is 4.79 Å². The van der Waals surface area contributed by atoms with Crippen LogP contribution in [-0.2, 0) is 6.54 Å². The molecule has 0 aliphatic rings. The molecule has 0 fully saturated rings. The maximum atomic E-state index is 12.0. The van der Waals surface area contributed by atoms with E-state index in [-0.39, 0.29) is 11.9 Å². The lowest BCUT2D eigenvalue weighted by atomic mass is 10.2. The van der Waals surface area contributed by atoms with Gasteiger partial charge in [-0.05, 0) is 29.8 Å². The number of nitrogens with two attached hydrogens (primary N) is 2. The third-order valence-corrected chi connectivity index (χ3v) is 2.82. The molecule has 0 unspecified atom stereocenters. The number of carbonyl (C=O) groups is 1. The summed E-state index contributed by atoms with van der Waals surface area (Å²) in [6, 6.07) is 16.5. The first kappa shape index (κ1) is 14.5.